The van der Waals surface area contributed by atoms with Crippen molar-refractivity contribution in [2.24, 2.45) is 0 Å². The van der Waals surface area contributed by atoms with Gasteiger partial charge in [0.05, 0.1) is 5.02 Å². The Hall–Kier alpha value is -2.24. The standard InChI is InChI=1S/C19H18Cl2N2O3/c20-15-7-5-14(6-8-15)19(25)23-11-9-22(10-12-23)18(24)13-26-17-4-2-1-3-16(17)21/h1-8H,9-13H2. The Kier molecular flexibility index (Phi) is 6.01. The van der Waals surface area contributed by atoms with Crippen molar-refractivity contribution >= 4 is 35.0 Å². The van der Waals surface area contributed by atoms with Gasteiger partial charge in [-0.3, -0.25) is 9.59 Å². The number of carbonyl (C=O) groups excluding carboxylic acids is 2. The number of amides is 2. The molecule has 1 aliphatic heterocycles. The highest BCUT2D eigenvalue weighted by atomic mass is 35.5. The van der Waals surface area contributed by atoms with Crippen LogP contribution in [0.15, 0.2) is 48.5 Å². The SMILES string of the molecule is O=C(COc1ccccc1Cl)N1CCN(C(=O)c2ccc(Cl)cc2)CC1. The van der Waals surface area contributed by atoms with Gasteiger partial charge in [0.25, 0.3) is 11.8 Å². The van der Waals surface area contributed by atoms with Crippen LogP contribution in [0.25, 0.3) is 0 Å². The average molecular weight is 393 g/mol. The minimum atomic E-state index is -0.122. The van der Waals surface area contributed by atoms with Crippen LogP contribution in [0, 0.1) is 0 Å². The van der Waals surface area contributed by atoms with Gasteiger partial charge < -0.3 is 14.5 Å². The zero-order valence-corrected chi connectivity index (χ0v) is 15.5. The second-order valence-corrected chi connectivity index (χ2v) is 6.74. The van der Waals surface area contributed by atoms with Gasteiger partial charge in [0.1, 0.15) is 5.75 Å². The van der Waals surface area contributed by atoms with E-state index in [0.717, 1.165) is 0 Å². The van der Waals surface area contributed by atoms with Crippen LogP contribution in [0.1, 0.15) is 10.4 Å². The Morgan fingerprint density at radius 2 is 1.50 bits per heavy atom. The summed E-state index contributed by atoms with van der Waals surface area (Å²) in [6.45, 7) is 1.85. The fourth-order valence-electron chi connectivity index (χ4n) is 2.73. The van der Waals surface area contributed by atoms with Crippen molar-refractivity contribution in [1.82, 2.24) is 9.80 Å². The van der Waals surface area contributed by atoms with Gasteiger partial charge in [-0.1, -0.05) is 35.3 Å². The number of rotatable bonds is 4. The maximum absolute atomic E-state index is 12.5. The third-order valence-corrected chi connectivity index (χ3v) is 4.76. The second-order valence-electron chi connectivity index (χ2n) is 5.90. The molecule has 3 rings (SSSR count). The zero-order chi connectivity index (χ0) is 18.5. The summed E-state index contributed by atoms with van der Waals surface area (Å²) in [4.78, 5) is 28.2. The summed E-state index contributed by atoms with van der Waals surface area (Å²) in [5.41, 5.74) is 0.594. The lowest BCUT2D eigenvalue weighted by atomic mass is 10.2. The van der Waals surface area contributed by atoms with Crippen LogP contribution >= 0.6 is 23.2 Å². The molecule has 0 aliphatic carbocycles. The van der Waals surface area contributed by atoms with Crippen molar-refractivity contribution in [1.29, 1.82) is 0 Å². The number of hydrogen-bond donors (Lipinski definition) is 0. The van der Waals surface area contributed by atoms with E-state index >= 15 is 0 Å². The molecule has 0 saturated carbocycles. The topological polar surface area (TPSA) is 49.9 Å². The molecule has 0 aromatic heterocycles. The maximum atomic E-state index is 12.5. The Bertz CT molecular complexity index is 788. The van der Waals surface area contributed by atoms with Crippen LogP contribution < -0.4 is 4.74 Å². The Labute approximate surface area is 162 Å². The molecule has 136 valence electrons. The quantitative estimate of drug-likeness (QED) is 0.801. The number of para-hydroxylation sites is 1. The Morgan fingerprint density at radius 1 is 0.885 bits per heavy atom. The predicted molar refractivity (Wildman–Crippen MR) is 101 cm³/mol. The van der Waals surface area contributed by atoms with E-state index < -0.39 is 0 Å². The highest BCUT2D eigenvalue weighted by molar-refractivity contribution is 6.32. The van der Waals surface area contributed by atoms with E-state index in [9.17, 15) is 9.59 Å². The van der Waals surface area contributed by atoms with E-state index in [1.54, 1.807) is 58.3 Å². The van der Waals surface area contributed by atoms with Gasteiger partial charge in [0.2, 0.25) is 0 Å². The third kappa shape index (κ3) is 4.48. The maximum Gasteiger partial charge on any atom is 0.260 e. The van der Waals surface area contributed by atoms with Crippen LogP contribution in [-0.4, -0.2) is 54.4 Å². The molecule has 7 heteroatoms. The highest BCUT2D eigenvalue weighted by Gasteiger charge is 2.25. The van der Waals surface area contributed by atoms with Crippen molar-refractivity contribution in [3.63, 3.8) is 0 Å². The number of benzene rings is 2. The molecule has 5 nitrogen and oxygen atoms in total. The molecule has 1 saturated heterocycles. The molecule has 1 fully saturated rings. The molecule has 26 heavy (non-hydrogen) atoms. The summed E-state index contributed by atoms with van der Waals surface area (Å²) in [5, 5.41) is 1.06. The Balaban J connectivity index is 1.50. The molecular weight excluding hydrogens is 375 g/mol. The van der Waals surface area contributed by atoms with Gasteiger partial charge >= 0.3 is 0 Å². The molecule has 2 aromatic carbocycles. The molecule has 0 radical (unpaired) electrons. The summed E-state index contributed by atoms with van der Waals surface area (Å²) >= 11 is 11.9. The molecule has 0 spiro atoms. The van der Waals surface area contributed by atoms with Crippen molar-refractivity contribution in [2.75, 3.05) is 32.8 Å². The average Bonchev–Trinajstić information content (AvgIpc) is 2.67. The zero-order valence-electron chi connectivity index (χ0n) is 14.0. The number of piperazine rings is 1. The van der Waals surface area contributed by atoms with Gasteiger partial charge in [-0.05, 0) is 36.4 Å². The normalized spacial score (nSPS) is 14.2. The minimum absolute atomic E-state index is 0.0546. The summed E-state index contributed by atoms with van der Waals surface area (Å²) in [6, 6.07) is 13.8. The van der Waals surface area contributed by atoms with Crippen molar-refractivity contribution in [3.8, 4) is 5.75 Å². The van der Waals surface area contributed by atoms with Crippen LogP contribution in [0.3, 0.4) is 0 Å². The van der Waals surface area contributed by atoms with Gasteiger partial charge in [0, 0.05) is 36.8 Å². The van der Waals surface area contributed by atoms with Crippen molar-refractivity contribution < 1.29 is 14.3 Å². The van der Waals surface area contributed by atoms with E-state index in [2.05, 4.69) is 0 Å². The summed E-state index contributed by atoms with van der Waals surface area (Å²) in [7, 11) is 0. The highest BCUT2D eigenvalue weighted by Crippen LogP contribution is 2.23. The van der Waals surface area contributed by atoms with E-state index in [1.807, 2.05) is 0 Å². The first-order valence-electron chi connectivity index (χ1n) is 8.24. The van der Waals surface area contributed by atoms with E-state index in [0.29, 0.717) is 47.5 Å². The summed E-state index contributed by atoms with van der Waals surface area (Å²) < 4.78 is 5.49. The third-order valence-electron chi connectivity index (χ3n) is 4.20. The van der Waals surface area contributed by atoms with Crippen LogP contribution in [-0.2, 0) is 4.79 Å². The molecule has 0 N–H and O–H groups in total. The van der Waals surface area contributed by atoms with E-state index in [1.165, 1.54) is 0 Å². The molecule has 0 atom stereocenters. The second kappa shape index (κ2) is 8.43. The molecule has 1 aliphatic rings. The molecule has 1 heterocycles. The van der Waals surface area contributed by atoms with Crippen LogP contribution in [0.4, 0.5) is 0 Å². The number of halogens is 2. The lowest BCUT2D eigenvalue weighted by molar-refractivity contribution is -0.134. The van der Waals surface area contributed by atoms with E-state index in [4.69, 9.17) is 27.9 Å². The molecule has 0 unspecified atom stereocenters. The number of nitrogens with zero attached hydrogens (tertiary/aromatic N) is 2. The number of ether oxygens (including phenoxy) is 1. The van der Waals surface area contributed by atoms with Crippen molar-refractivity contribution in [2.45, 2.75) is 0 Å². The first-order valence-corrected chi connectivity index (χ1v) is 9.00. The molecular formula is C19H18Cl2N2O3. The van der Waals surface area contributed by atoms with Gasteiger partial charge in [0.15, 0.2) is 6.61 Å². The first kappa shape index (κ1) is 18.5. The minimum Gasteiger partial charge on any atom is -0.482 e. The lowest BCUT2D eigenvalue weighted by Crippen LogP contribution is -2.51. The summed E-state index contributed by atoms with van der Waals surface area (Å²) in [6.07, 6.45) is 0. The fourth-order valence-corrected chi connectivity index (χ4v) is 3.04. The molecule has 0 bridgehead atoms. The van der Waals surface area contributed by atoms with E-state index in [-0.39, 0.29) is 18.4 Å². The number of carbonyl (C=O) groups is 2. The lowest BCUT2D eigenvalue weighted by Gasteiger charge is -2.34. The smallest absolute Gasteiger partial charge is 0.260 e. The fraction of sp³-hybridized carbons (Fsp3) is 0.263. The molecule has 2 aromatic rings. The van der Waals surface area contributed by atoms with Gasteiger partial charge in [-0.15, -0.1) is 0 Å². The predicted octanol–water partition coefficient (Wildman–Crippen LogP) is 3.36. The molecule has 2 amide bonds. The van der Waals surface area contributed by atoms with Gasteiger partial charge in [-0.2, -0.15) is 0 Å². The first-order chi connectivity index (χ1) is 12.5. The summed E-state index contributed by atoms with van der Waals surface area (Å²) in [5.74, 6) is 0.309. The van der Waals surface area contributed by atoms with Crippen LogP contribution in [0.2, 0.25) is 10.0 Å². The van der Waals surface area contributed by atoms with Gasteiger partial charge in [-0.25, -0.2) is 0 Å². The monoisotopic (exact) mass is 392 g/mol. The van der Waals surface area contributed by atoms with Crippen molar-refractivity contribution in [3.05, 3.63) is 64.1 Å². The van der Waals surface area contributed by atoms with Crippen LogP contribution in [0.5, 0.6) is 5.75 Å². The Morgan fingerprint density at radius 3 is 2.15 bits per heavy atom. The number of hydrogen-bond acceptors (Lipinski definition) is 3. The largest absolute Gasteiger partial charge is 0.482 e.